The summed E-state index contributed by atoms with van der Waals surface area (Å²) in [5.41, 5.74) is 3.14. The SMILES string of the molecule is CCCCCCCCCCCCc1ccc(N=Nc2ccc(OCCCCCCCCCC[N+](C)(C)CCO)cc2)cc1.[Br-]. The lowest BCUT2D eigenvalue weighted by atomic mass is 10.0. The predicted octanol–water partition coefficient (Wildman–Crippen LogP) is 8.14. The molecule has 2 rings (SSSR count). The lowest BCUT2D eigenvalue weighted by Crippen LogP contribution is -3.00. The van der Waals surface area contributed by atoms with Crippen LogP contribution in [0, 0.1) is 0 Å². The molecule has 0 atom stereocenters. The van der Waals surface area contributed by atoms with Crippen molar-refractivity contribution < 1.29 is 31.3 Å². The van der Waals surface area contributed by atoms with Crippen molar-refractivity contribution in [3.8, 4) is 5.75 Å². The first-order valence-corrected chi connectivity index (χ1v) is 17.7. The molecule has 0 aliphatic carbocycles. The monoisotopic (exact) mass is 673 g/mol. The molecule has 0 amide bonds. The fourth-order valence-electron chi connectivity index (χ4n) is 5.55. The van der Waals surface area contributed by atoms with E-state index in [2.05, 4.69) is 55.5 Å². The van der Waals surface area contributed by atoms with Gasteiger partial charge in [0.2, 0.25) is 0 Å². The first-order valence-electron chi connectivity index (χ1n) is 17.7. The molecule has 0 spiro atoms. The second kappa shape index (κ2) is 26.5. The number of hydrogen-bond donors (Lipinski definition) is 1. The predicted molar refractivity (Wildman–Crippen MR) is 184 cm³/mol. The summed E-state index contributed by atoms with van der Waals surface area (Å²) in [6.45, 7) is 5.35. The average Bonchev–Trinajstić information content (AvgIpc) is 3.01. The highest BCUT2D eigenvalue weighted by Gasteiger charge is 2.12. The molecule has 0 bridgehead atoms. The van der Waals surface area contributed by atoms with Crippen LogP contribution in [0.25, 0.3) is 0 Å². The molecule has 0 saturated carbocycles. The molecule has 0 unspecified atom stereocenters. The van der Waals surface area contributed by atoms with Crippen molar-refractivity contribution in [2.24, 2.45) is 10.2 Å². The van der Waals surface area contributed by atoms with Crippen molar-refractivity contribution in [1.82, 2.24) is 0 Å². The summed E-state index contributed by atoms with van der Waals surface area (Å²) in [5.74, 6) is 0.901. The maximum Gasteiger partial charge on any atom is 0.119 e. The van der Waals surface area contributed by atoms with Crippen LogP contribution >= 0.6 is 0 Å². The first kappa shape index (κ1) is 40.3. The molecule has 250 valence electrons. The first-order chi connectivity index (χ1) is 21.0. The number of aliphatic hydroxyl groups is 1. The normalized spacial score (nSPS) is 11.6. The Labute approximate surface area is 281 Å². The van der Waals surface area contributed by atoms with Gasteiger partial charge < -0.3 is 31.3 Å². The van der Waals surface area contributed by atoms with Gasteiger partial charge in [-0.05, 0) is 74.1 Å². The molecule has 5 nitrogen and oxygen atoms in total. The minimum absolute atomic E-state index is 0. The van der Waals surface area contributed by atoms with Gasteiger partial charge in [-0.15, -0.1) is 0 Å². The second-order valence-corrected chi connectivity index (χ2v) is 13.1. The van der Waals surface area contributed by atoms with Gasteiger partial charge in [-0.3, -0.25) is 0 Å². The minimum Gasteiger partial charge on any atom is -1.00 e. The van der Waals surface area contributed by atoms with Gasteiger partial charge >= 0.3 is 0 Å². The molecule has 2 aromatic carbocycles. The number of azo groups is 1. The molecule has 0 radical (unpaired) electrons. The zero-order valence-corrected chi connectivity index (χ0v) is 30.0. The van der Waals surface area contributed by atoms with E-state index in [0.29, 0.717) is 0 Å². The maximum absolute atomic E-state index is 9.12. The average molecular weight is 675 g/mol. The molecule has 1 N–H and O–H groups in total. The quantitative estimate of drug-likeness (QED) is 0.0591. The van der Waals surface area contributed by atoms with E-state index in [1.54, 1.807) is 0 Å². The van der Waals surface area contributed by atoms with Crippen molar-refractivity contribution in [1.29, 1.82) is 0 Å². The Morgan fingerprint density at radius 3 is 1.55 bits per heavy atom. The van der Waals surface area contributed by atoms with Crippen LogP contribution in [0.4, 0.5) is 11.4 Å². The molecular weight excluding hydrogens is 610 g/mol. The van der Waals surface area contributed by atoms with Crippen LogP contribution in [0.2, 0.25) is 0 Å². The zero-order valence-electron chi connectivity index (χ0n) is 28.5. The summed E-state index contributed by atoms with van der Waals surface area (Å²) in [7, 11) is 4.41. The van der Waals surface area contributed by atoms with E-state index >= 15 is 0 Å². The lowest BCUT2D eigenvalue weighted by molar-refractivity contribution is -0.890. The lowest BCUT2D eigenvalue weighted by Gasteiger charge is -2.28. The van der Waals surface area contributed by atoms with Crippen molar-refractivity contribution in [2.75, 3.05) is 40.4 Å². The van der Waals surface area contributed by atoms with Gasteiger partial charge in [0.1, 0.15) is 12.3 Å². The number of nitrogens with zero attached hydrogens (tertiary/aromatic N) is 3. The molecule has 0 fully saturated rings. The van der Waals surface area contributed by atoms with Crippen molar-refractivity contribution in [3.63, 3.8) is 0 Å². The number of ether oxygens (including phenoxy) is 1. The number of aliphatic hydroxyl groups excluding tert-OH is 1. The number of hydrogen-bond acceptors (Lipinski definition) is 4. The van der Waals surface area contributed by atoms with Gasteiger partial charge in [-0.25, -0.2) is 0 Å². The van der Waals surface area contributed by atoms with Crippen LogP contribution in [0.1, 0.15) is 128 Å². The largest absolute Gasteiger partial charge is 1.00 e. The van der Waals surface area contributed by atoms with Crippen LogP contribution in [0.5, 0.6) is 5.75 Å². The summed E-state index contributed by atoms with van der Waals surface area (Å²) in [6, 6.07) is 16.5. The molecular formula is C38H64BrN3O2. The summed E-state index contributed by atoms with van der Waals surface area (Å²) >= 11 is 0. The number of rotatable bonds is 27. The summed E-state index contributed by atoms with van der Waals surface area (Å²) in [6.07, 6.45) is 25.1. The van der Waals surface area contributed by atoms with Gasteiger partial charge in [0.05, 0.1) is 45.2 Å². The fraction of sp³-hybridized carbons (Fsp3) is 0.684. The number of halogens is 1. The van der Waals surface area contributed by atoms with Crippen LogP contribution in [-0.4, -0.2) is 50.0 Å². The molecule has 0 saturated heterocycles. The smallest absolute Gasteiger partial charge is 0.119 e. The van der Waals surface area contributed by atoms with E-state index < -0.39 is 0 Å². The molecule has 0 aliphatic heterocycles. The Bertz CT molecular complexity index is 948. The second-order valence-electron chi connectivity index (χ2n) is 13.1. The van der Waals surface area contributed by atoms with Crippen molar-refractivity contribution in [2.45, 2.75) is 129 Å². The molecule has 0 aliphatic rings. The van der Waals surface area contributed by atoms with Crippen molar-refractivity contribution >= 4 is 11.4 Å². The van der Waals surface area contributed by atoms with Crippen molar-refractivity contribution in [3.05, 3.63) is 54.1 Å². The highest BCUT2D eigenvalue weighted by molar-refractivity contribution is 5.43. The van der Waals surface area contributed by atoms with Crippen LogP contribution in [-0.2, 0) is 6.42 Å². The molecule has 44 heavy (non-hydrogen) atoms. The number of aryl methyl sites for hydroxylation is 1. The zero-order chi connectivity index (χ0) is 30.9. The third-order valence-electron chi connectivity index (χ3n) is 8.50. The fourth-order valence-corrected chi connectivity index (χ4v) is 5.55. The molecule has 0 heterocycles. The molecule has 6 heteroatoms. The highest BCUT2D eigenvalue weighted by atomic mass is 79.9. The van der Waals surface area contributed by atoms with E-state index in [-0.39, 0.29) is 23.6 Å². The Morgan fingerprint density at radius 2 is 1.02 bits per heavy atom. The number of benzene rings is 2. The molecule has 2 aromatic rings. The van der Waals surface area contributed by atoms with Crippen LogP contribution < -0.4 is 21.7 Å². The van der Waals surface area contributed by atoms with Crippen LogP contribution in [0.3, 0.4) is 0 Å². The standard InChI is InChI=1S/C38H64N3O2.BrH/c1-4-5-6-7-8-9-10-13-16-19-22-35-23-25-36(26-24-35)39-40-37-27-29-38(30-28-37)43-34-21-18-15-12-11-14-17-20-31-41(2,3)32-33-42;/h23-30,42H,4-22,31-34H2,1-3H3;1H/q+1;/p-1. The summed E-state index contributed by atoms with van der Waals surface area (Å²) in [5, 5.41) is 18.0. The van der Waals surface area contributed by atoms with Gasteiger partial charge in [-0.2, -0.15) is 10.2 Å². The van der Waals surface area contributed by atoms with Gasteiger partial charge in [0.25, 0.3) is 0 Å². The minimum atomic E-state index is 0. The van der Waals surface area contributed by atoms with E-state index in [9.17, 15) is 0 Å². The summed E-state index contributed by atoms with van der Waals surface area (Å²) in [4.78, 5) is 0. The van der Waals surface area contributed by atoms with E-state index in [1.165, 1.54) is 115 Å². The van der Waals surface area contributed by atoms with E-state index in [1.807, 2.05) is 24.3 Å². The van der Waals surface area contributed by atoms with Gasteiger partial charge in [-0.1, -0.05) is 109 Å². The topological polar surface area (TPSA) is 54.2 Å². The third kappa shape index (κ3) is 21.1. The Hall–Kier alpha value is -1.76. The van der Waals surface area contributed by atoms with Crippen LogP contribution in [0.15, 0.2) is 58.8 Å². The van der Waals surface area contributed by atoms with E-state index in [4.69, 9.17) is 9.84 Å². The Kier molecular flexibility index (Phi) is 24.2. The van der Waals surface area contributed by atoms with Gasteiger partial charge in [0.15, 0.2) is 0 Å². The van der Waals surface area contributed by atoms with E-state index in [0.717, 1.165) is 54.1 Å². The Morgan fingerprint density at radius 1 is 0.568 bits per heavy atom. The highest BCUT2D eigenvalue weighted by Crippen LogP contribution is 2.22. The third-order valence-corrected chi connectivity index (χ3v) is 8.50. The summed E-state index contributed by atoms with van der Waals surface area (Å²) < 4.78 is 6.86. The number of quaternary nitrogens is 1. The molecule has 0 aromatic heterocycles. The van der Waals surface area contributed by atoms with Gasteiger partial charge in [0, 0.05) is 0 Å². The number of unbranched alkanes of at least 4 members (excludes halogenated alkanes) is 16. The Balaban J connectivity index is 0.00000968. The number of likely N-dealkylation sites (N-methyl/N-ethyl adjacent to an activating group) is 1. The maximum atomic E-state index is 9.12.